The molecule has 6 heteroatoms. The van der Waals surface area contributed by atoms with E-state index in [4.69, 9.17) is 23.2 Å². The Bertz CT molecular complexity index is 438. The maximum Gasteiger partial charge on any atom is 0.274 e. The largest absolute Gasteiger partial charge is 0.274 e. The molecule has 0 bridgehead atoms. The number of hydrogen-bond donors (Lipinski definition) is 0. The summed E-state index contributed by atoms with van der Waals surface area (Å²) in [6.07, 6.45) is 0.783. The smallest absolute Gasteiger partial charge is 0.258 e. The molecular weight excluding hydrogens is 329 g/mol. The first-order valence-electron chi connectivity index (χ1n) is 5.15. The normalized spacial score (nSPS) is 14.4. The number of benzene rings is 1. The number of nitro benzene ring substituents is 1. The first kappa shape index (κ1) is 14.7. The summed E-state index contributed by atoms with van der Waals surface area (Å²) in [5.74, 6) is 0.0326. The third-order valence-corrected chi connectivity index (χ3v) is 4.02. The monoisotopic (exact) mass is 339 g/mol. The van der Waals surface area contributed by atoms with Crippen molar-refractivity contribution in [2.24, 2.45) is 0 Å². The highest BCUT2D eigenvalue weighted by Gasteiger charge is 2.25. The van der Waals surface area contributed by atoms with Crippen molar-refractivity contribution in [2.45, 2.75) is 31.0 Å². The lowest BCUT2D eigenvalue weighted by Gasteiger charge is -2.18. The van der Waals surface area contributed by atoms with Crippen molar-refractivity contribution >= 4 is 44.8 Å². The first-order chi connectivity index (χ1) is 7.88. The van der Waals surface area contributed by atoms with E-state index in [9.17, 15) is 10.1 Å². The predicted octanol–water partition coefficient (Wildman–Crippen LogP) is 5.18. The Labute approximate surface area is 118 Å². The van der Waals surface area contributed by atoms with Gasteiger partial charge in [-0.25, -0.2) is 0 Å². The molecule has 0 radical (unpaired) electrons. The van der Waals surface area contributed by atoms with Gasteiger partial charge in [-0.1, -0.05) is 53.0 Å². The van der Waals surface area contributed by atoms with Crippen molar-refractivity contribution in [3.05, 3.63) is 37.9 Å². The van der Waals surface area contributed by atoms with Gasteiger partial charge in [-0.2, -0.15) is 0 Å². The maximum absolute atomic E-state index is 11.0. The number of alkyl halides is 1. The van der Waals surface area contributed by atoms with Gasteiger partial charge in [-0.3, -0.25) is 10.1 Å². The fourth-order valence-electron chi connectivity index (χ4n) is 1.80. The van der Waals surface area contributed by atoms with E-state index in [-0.39, 0.29) is 21.5 Å². The van der Waals surface area contributed by atoms with Crippen molar-refractivity contribution in [1.82, 2.24) is 0 Å². The van der Waals surface area contributed by atoms with Crippen LogP contribution in [0.5, 0.6) is 0 Å². The molecule has 2 unspecified atom stereocenters. The number of halogens is 3. The van der Waals surface area contributed by atoms with Gasteiger partial charge in [0.15, 0.2) is 0 Å². The van der Waals surface area contributed by atoms with Gasteiger partial charge in [0.2, 0.25) is 0 Å². The average molecular weight is 341 g/mol. The summed E-state index contributed by atoms with van der Waals surface area (Å²) in [4.78, 5) is 10.7. The Hall–Kier alpha value is -0.320. The van der Waals surface area contributed by atoms with Crippen molar-refractivity contribution in [1.29, 1.82) is 0 Å². The van der Waals surface area contributed by atoms with Crippen LogP contribution in [-0.4, -0.2) is 9.75 Å². The van der Waals surface area contributed by atoms with Crippen LogP contribution in [0.25, 0.3) is 0 Å². The first-order valence-corrected chi connectivity index (χ1v) is 6.83. The van der Waals surface area contributed by atoms with Crippen LogP contribution in [0.15, 0.2) is 12.1 Å². The number of nitro groups is 1. The van der Waals surface area contributed by atoms with E-state index < -0.39 is 4.92 Å². The van der Waals surface area contributed by atoms with Gasteiger partial charge in [0.05, 0.1) is 15.0 Å². The summed E-state index contributed by atoms with van der Waals surface area (Å²) in [6, 6.07) is 2.91. The zero-order valence-corrected chi connectivity index (χ0v) is 12.5. The van der Waals surface area contributed by atoms with Crippen LogP contribution in [-0.2, 0) is 0 Å². The standard InChI is InChI=1S/C11H12BrCl2NO2/c1-3-7(6(2)12)8-4-9(13)10(14)5-11(8)15(16)17/h4-7H,3H2,1-2H3. The van der Waals surface area contributed by atoms with Crippen LogP contribution >= 0.6 is 39.1 Å². The summed E-state index contributed by atoms with van der Waals surface area (Å²) < 4.78 is 0. The third kappa shape index (κ3) is 3.33. The fraction of sp³-hybridized carbons (Fsp3) is 0.455. The maximum atomic E-state index is 11.0. The van der Waals surface area contributed by atoms with Crippen LogP contribution in [0.2, 0.25) is 10.0 Å². The lowest BCUT2D eigenvalue weighted by atomic mass is 9.92. The molecule has 1 aromatic rings. The minimum Gasteiger partial charge on any atom is -0.258 e. The van der Waals surface area contributed by atoms with Crippen LogP contribution in [0.1, 0.15) is 31.7 Å². The van der Waals surface area contributed by atoms with E-state index in [1.54, 1.807) is 6.07 Å². The fourth-order valence-corrected chi connectivity index (χ4v) is 2.79. The number of rotatable bonds is 4. The quantitative estimate of drug-likeness (QED) is 0.430. The van der Waals surface area contributed by atoms with Crippen LogP contribution in [0.4, 0.5) is 5.69 Å². The average Bonchev–Trinajstić information content (AvgIpc) is 2.22. The molecule has 0 heterocycles. The Morgan fingerprint density at radius 3 is 2.35 bits per heavy atom. The van der Waals surface area contributed by atoms with Crippen molar-refractivity contribution < 1.29 is 4.92 Å². The third-order valence-electron chi connectivity index (χ3n) is 2.66. The molecule has 0 aromatic heterocycles. The topological polar surface area (TPSA) is 43.1 Å². The van der Waals surface area contributed by atoms with Crippen LogP contribution in [0.3, 0.4) is 0 Å². The molecule has 94 valence electrons. The Balaban J connectivity index is 3.39. The molecule has 1 rings (SSSR count). The van der Waals surface area contributed by atoms with E-state index in [0.717, 1.165) is 6.42 Å². The van der Waals surface area contributed by atoms with E-state index in [1.165, 1.54) is 6.07 Å². The summed E-state index contributed by atoms with van der Waals surface area (Å²) >= 11 is 15.2. The number of hydrogen-bond acceptors (Lipinski definition) is 2. The molecule has 0 fully saturated rings. The molecule has 17 heavy (non-hydrogen) atoms. The Kier molecular flexibility index (Phi) is 5.22. The molecule has 0 saturated carbocycles. The van der Waals surface area contributed by atoms with Crippen molar-refractivity contribution in [2.75, 3.05) is 0 Å². The van der Waals surface area contributed by atoms with E-state index >= 15 is 0 Å². The second-order valence-corrected chi connectivity index (χ2v) is 6.03. The molecule has 0 aliphatic heterocycles. The lowest BCUT2D eigenvalue weighted by Crippen LogP contribution is -2.10. The second kappa shape index (κ2) is 6.03. The van der Waals surface area contributed by atoms with Gasteiger partial charge in [0, 0.05) is 22.4 Å². The van der Waals surface area contributed by atoms with Gasteiger partial charge >= 0.3 is 0 Å². The van der Waals surface area contributed by atoms with Crippen molar-refractivity contribution in [3.63, 3.8) is 0 Å². The minimum atomic E-state index is -0.421. The molecule has 0 spiro atoms. The zero-order valence-electron chi connectivity index (χ0n) is 9.41. The highest BCUT2D eigenvalue weighted by atomic mass is 79.9. The highest BCUT2D eigenvalue weighted by molar-refractivity contribution is 9.09. The van der Waals surface area contributed by atoms with Gasteiger partial charge in [-0.15, -0.1) is 0 Å². The van der Waals surface area contributed by atoms with Gasteiger partial charge in [0.25, 0.3) is 5.69 Å². The summed E-state index contributed by atoms with van der Waals surface area (Å²) in [7, 11) is 0. The molecule has 1 aromatic carbocycles. The SMILES string of the molecule is CCC(c1cc(Cl)c(Cl)cc1[N+](=O)[O-])C(C)Br. The lowest BCUT2D eigenvalue weighted by molar-refractivity contribution is -0.385. The van der Waals surface area contributed by atoms with Gasteiger partial charge in [0.1, 0.15) is 0 Å². The molecule has 0 aliphatic carbocycles. The van der Waals surface area contributed by atoms with Crippen LogP contribution < -0.4 is 0 Å². The second-order valence-electron chi connectivity index (χ2n) is 3.77. The summed E-state index contributed by atoms with van der Waals surface area (Å²) in [6.45, 7) is 3.94. The molecule has 0 saturated heterocycles. The van der Waals surface area contributed by atoms with Gasteiger partial charge in [-0.05, 0) is 12.5 Å². The van der Waals surface area contributed by atoms with E-state index in [1.807, 2.05) is 13.8 Å². The van der Waals surface area contributed by atoms with E-state index in [0.29, 0.717) is 10.6 Å². The molecule has 2 atom stereocenters. The highest BCUT2D eigenvalue weighted by Crippen LogP contribution is 2.38. The molecule has 3 nitrogen and oxygen atoms in total. The molecule has 0 N–H and O–H groups in total. The minimum absolute atomic E-state index is 0.0255. The van der Waals surface area contributed by atoms with Crippen molar-refractivity contribution in [3.8, 4) is 0 Å². The molecule has 0 aliphatic rings. The molecular formula is C11H12BrCl2NO2. The zero-order chi connectivity index (χ0) is 13.2. The van der Waals surface area contributed by atoms with E-state index in [2.05, 4.69) is 15.9 Å². The predicted molar refractivity (Wildman–Crippen MR) is 74.5 cm³/mol. The van der Waals surface area contributed by atoms with Crippen LogP contribution in [0, 0.1) is 10.1 Å². The van der Waals surface area contributed by atoms with Gasteiger partial charge < -0.3 is 0 Å². The Morgan fingerprint density at radius 1 is 1.41 bits per heavy atom. The summed E-state index contributed by atoms with van der Waals surface area (Å²) in [5, 5.41) is 11.6. The molecule has 0 amide bonds. The summed E-state index contributed by atoms with van der Waals surface area (Å²) in [5.41, 5.74) is 0.647. The Morgan fingerprint density at radius 2 is 1.94 bits per heavy atom. The number of nitrogens with zero attached hydrogens (tertiary/aromatic N) is 1.